The van der Waals surface area contributed by atoms with E-state index in [-0.39, 0.29) is 0 Å². The zero-order valence-corrected chi connectivity index (χ0v) is 12.7. The predicted molar refractivity (Wildman–Crippen MR) is 75.5 cm³/mol. The molecule has 0 aromatic carbocycles. The molecule has 0 saturated carbocycles. The second kappa shape index (κ2) is 10.6. The highest BCUT2D eigenvalue weighted by molar-refractivity contribution is 7.66. The van der Waals surface area contributed by atoms with Crippen molar-refractivity contribution in [3.8, 4) is 0 Å². The largest absolute Gasteiger partial charge is 0.365 e. The number of aldehydes is 1. The van der Waals surface area contributed by atoms with Crippen LogP contribution in [0.3, 0.4) is 0 Å². The number of rotatable bonds is 10. The van der Waals surface area contributed by atoms with Gasteiger partial charge in [-0.3, -0.25) is 0 Å². The number of unbranched alkanes of at least 4 members (excludes halogenated alkanes) is 7. The van der Waals surface area contributed by atoms with E-state index in [0.717, 1.165) is 32.0 Å². The van der Waals surface area contributed by atoms with Crippen LogP contribution in [0.5, 0.6) is 0 Å². The van der Waals surface area contributed by atoms with Crippen molar-refractivity contribution in [1.82, 2.24) is 0 Å². The number of allylic oxidation sites excluding steroid dienone is 1. The molecule has 16 heavy (non-hydrogen) atoms. The van der Waals surface area contributed by atoms with Gasteiger partial charge in [0.25, 0.3) is 0 Å². The van der Waals surface area contributed by atoms with Gasteiger partial charge in [0, 0.05) is 6.42 Å². The van der Waals surface area contributed by atoms with Crippen molar-refractivity contribution in [2.24, 2.45) is 0 Å². The Bertz CT molecular complexity index is 202. The van der Waals surface area contributed by atoms with E-state index in [4.69, 9.17) is 33.2 Å². The van der Waals surface area contributed by atoms with E-state index < -0.39 is 6.00 Å². The van der Waals surface area contributed by atoms with Crippen LogP contribution in [0.15, 0.2) is 11.8 Å². The van der Waals surface area contributed by atoms with Crippen LogP contribution >= 0.6 is 33.2 Å². The van der Waals surface area contributed by atoms with Crippen LogP contribution in [0.25, 0.3) is 0 Å². The molecule has 0 aliphatic heterocycles. The Morgan fingerprint density at radius 3 is 1.81 bits per heavy atom. The quantitative estimate of drug-likeness (QED) is 0.239. The molecule has 1 nitrogen and oxygen atoms in total. The lowest BCUT2D eigenvalue weighted by Crippen LogP contribution is -2.02. The number of carbonyl (C=O) groups is 1. The van der Waals surface area contributed by atoms with Crippen LogP contribution in [0.1, 0.15) is 51.4 Å². The summed E-state index contributed by atoms with van der Waals surface area (Å²) in [6.45, 7) is 0. The van der Waals surface area contributed by atoms with E-state index in [2.05, 4.69) is 0 Å². The first-order chi connectivity index (χ1) is 7.56. The number of hydrogen-bond donors (Lipinski definition) is 0. The van der Waals surface area contributed by atoms with Crippen LogP contribution in [0.4, 0.5) is 0 Å². The second-order valence-corrected chi connectivity index (χ2v) is 12.3. The van der Waals surface area contributed by atoms with Gasteiger partial charge in [-0.2, -0.15) is 0 Å². The zero-order chi connectivity index (χ0) is 12.3. The molecule has 0 aliphatic rings. The summed E-state index contributed by atoms with van der Waals surface area (Å²) >= 11 is 17.1. The van der Waals surface area contributed by atoms with E-state index in [1.165, 1.54) is 19.3 Å². The van der Waals surface area contributed by atoms with E-state index in [1.54, 1.807) is 5.70 Å². The third-order valence-corrected chi connectivity index (χ3v) is 4.00. The van der Waals surface area contributed by atoms with Crippen molar-refractivity contribution in [3.63, 3.8) is 0 Å². The molecular formula is C11H19Cl3OSi. The Morgan fingerprint density at radius 1 is 0.812 bits per heavy atom. The Kier molecular flexibility index (Phi) is 11.0. The van der Waals surface area contributed by atoms with Gasteiger partial charge in [0.2, 0.25) is 0 Å². The van der Waals surface area contributed by atoms with E-state index >= 15 is 0 Å². The topological polar surface area (TPSA) is 17.1 Å². The van der Waals surface area contributed by atoms with Crippen LogP contribution < -0.4 is 0 Å². The summed E-state index contributed by atoms with van der Waals surface area (Å²) in [7, 11) is 0. The fourth-order valence-electron chi connectivity index (χ4n) is 1.41. The van der Waals surface area contributed by atoms with Gasteiger partial charge in [-0.25, -0.2) is 0 Å². The standard InChI is InChI=1S/C11H19Cl3OSi/c12-16(13,14)11-9-7-5-3-1-2-4-6-8-10-15/h9-11H,1-8H2/b11-9+. The van der Waals surface area contributed by atoms with Gasteiger partial charge in [-0.1, -0.05) is 37.5 Å². The van der Waals surface area contributed by atoms with Gasteiger partial charge in [0.1, 0.15) is 6.29 Å². The molecule has 0 spiro atoms. The molecule has 0 aromatic rings. The fraction of sp³-hybridized carbons (Fsp3) is 0.727. The van der Waals surface area contributed by atoms with E-state index in [1.807, 2.05) is 6.08 Å². The highest BCUT2D eigenvalue weighted by Crippen LogP contribution is 2.21. The normalized spacial score (nSPS) is 12.2. The summed E-state index contributed by atoms with van der Waals surface area (Å²) in [5.41, 5.74) is 1.74. The van der Waals surface area contributed by atoms with Crippen molar-refractivity contribution in [1.29, 1.82) is 0 Å². The molecule has 0 aromatic heterocycles. The van der Waals surface area contributed by atoms with Crippen LogP contribution in [-0.2, 0) is 4.79 Å². The molecule has 0 aliphatic carbocycles. The summed E-state index contributed by atoms with van der Waals surface area (Å²) in [5, 5.41) is 0. The molecule has 94 valence electrons. The fourth-order valence-corrected chi connectivity index (χ4v) is 2.65. The van der Waals surface area contributed by atoms with Crippen LogP contribution in [-0.4, -0.2) is 12.3 Å². The molecule has 0 atom stereocenters. The van der Waals surface area contributed by atoms with Gasteiger partial charge in [0.15, 0.2) is 0 Å². The Labute approximate surface area is 113 Å². The molecule has 0 amide bonds. The van der Waals surface area contributed by atoms with Crippen LogP contribution in [0, 0.1) is 0 Å². The zero-order valence-electron chi connectivity index (χ0n) is 9.43. The average molecular weight is 302 g/mol. The molecule has 5 heteroatoms. The third kappa shape index (κ3) is 14.5. The maximum absolute atomic E-state index is 10.1. The lowest BCUT2D eigenvalue weighted by Gasteiger charge is -2.00. The molecule has 0 heterocycles. The second-order valence-electron chi connectivity index (χ2n) is 3.81. The van der Waals surface area contributed by atoms with Gasteiger partial charge in [-0.15, -0.1) is 33.2 Å². The third-order valence-electron chi connectivity index (χ3n) is 2.25. The highest BCUT2D eigenvalue weighted by atomic mass is 35.8. The van der Waals surface area contributed by atoms with Crippen molar-refractivity contribution in [2.75, 3.05) is 0 Å². The molecule has 0 N–H and O–H groups in total. The van der Waals surface area contributed by atoms with Gasteiger partial charge in [0.05, 0.1) is 0 Å². The highest BCUT2D eigenvalue weighted by Gasteiger charge is 2.19. The summed E-state index contributed by atoms with van der Waals surface area (Å²) in [6, 6.07) is -2.54. The summed E-state index contributed by atoms with van der Waals surface area (Å²) in [6.07, 6.45) is 11.7. The van der Waals surface area contributed by atoms with Gasteiger partial charge < -0.3 is 4.79 Å². The Balaban J connectivity index is 3.16. The van der Waals surface area contributed by atoms with Crippen molar-refractivity contribution in [2.45, 2.75) is 51.4 Å². The number of carbonyl (C=O) groups excluding carboxylic acids is 1. The van der Waals surface area contributed by atoms with Crippen LogP contribution in [0.2, 0.25) is 0 Å². The Hall–Kier alpha value is 0.497. The van der Waals surface area contributed by atoms with Crippen molar-refractivity contribution >= 4 is 45.5 Å². The predicted octanol–water partition coefficient (Wildman–Crippen LogP) is 5.06. The minimum Gasteiger partial charge on any atom is -0.303 e. The van der Waals surface area contributed by atoms with Gasteiger partial charge in [-0.05, 0) is 19.3 Å². The minimum atomic E-state index is -2.54. The van der Waals surface area contributed by atoms with E-state index in [9.17, 15) is 4.79 Å². The number of halogens is 3. The molecular weight excluding hydrogens is 283 g/mol. The molecule has 0 unspecified atom stereocenters. The smallest absolute Gasteiger partial charge is 0.303 e. The first-order valence-corrected chi connectivity index (χ1v) is 10.9. The molecule has 0 fully saturated rings. The van der Waals surface area contributed by atoms with Crippen molar-refractivity contribution in [3.05, 3.63) is 11.8 Å². The first kappa shape index (κ1) is 16.5. The van der Waals surface area contributed by atoms with Crippen molar-refractivity contribution < 1.29 is 4.79 Å². The summed E-state index contributed by atoms with van der Waals surface area (Å²) in [4.78, 5) is 10.1. The first-order valence-electron chi connectivity index (χ1n) is 5.74. The molecule has 0 rings (SSSR count). The Morgan fingerprint density at radius 2 is 1.31 bits per heavy atom. The number of hydrogen-bond acceptors (Lipinski definition) is 1. The minimum absolute atomic E-state index is 0.705. The summed E-state index contributed by atoms with van der Waals surface area (Å²) < 4.78 is 0. The maximum atomic E-state index is 10.1. The monoisotopic (exact) mass is 300 g/mol. The van der Waals surface area contributed by atoms with E-state index in [0.29, 0.717) is 6.42 Å². The molecule has 0 radical (unpaired) electrons. The SMILES string of the molecule is O=CCCCCCCCC/C=C/[Si](Cl)(Cl)Cl. The maximum Gasteiger partial charge on any atom is 0.365 e. The lowest BCUT2D eigenvalue weighted by atomic mass is 10.1. The average Bonchev–Trinajstić information content (AvgIpc) is 2.19. The lowest BCUT2D eigenvalue weighted by molar-refractivity contribution is -0.107. The molecule has 0 bridgehead atoms. The summed E-state index contributed by atoms with van der Waals surface area (Å²) in [5.74, 6) is 0. The molecule has 0 saturated heterocycles. The van der Waals surface area contributed by atoms with Gasteiger partial charge >= 0.3 is 6.00 Å².